The van der Waals surface area contributed by atoms with Gasteiger partial charge < -0.3 is 10.6 Å². The van der Waals surface area contributed by atoms with Gasteiger partial charge in [0.1, 0.15) is 0 Å². The Morgan fingerprint density at radius 1 is 1.12 bits per heavy atom. The maximum atomic E-state index is 13.5. The Bertz CT molecular complexity index is 849. The van der Waals surface area contributed by atoms with Crippen molar-refractivity contribution in [2.75, 3.05) is 11.9 Å². The summed E-state index contributed by atoms with van der Waals surface area (Å²) in [6.07, 6.45) is 0.622. The third-order valence-electron chi connectivity index (χ3n) is 4.02. The minimum Gasteiger partial charge on any atom is -0.347 e. The van der Waals surface area contributed by atoms with E-state index in [1.807, 2.05) is 20.9 Å². The third-order valence-corrected chi connectivity index (χ3v) is 4.02. The Balaban J connectivity index is 1.84. The molecule has 0 unspecified atom stereocenters. The molecule has 1 aromatic carbocycles. The van der Waals surface area contributed by atoms with Crippen molar-refractivity contribution in [3.63, 3.8) is 0 Å². The quantitative estimate of drug-likeness (QED) is 0.767. The Morgan fingerprint density at radius 2 is 1.81 bits per heavy atom. The number of carbonyl (C=O) groups is 2. The molecular weight excluding hydrogens is 349 g/mol. The third kappa shape index (κ3) is 4.41. The average Bonchev–Trinajstić information content (AvgIpc) is 2.84. The zero-order valence-corrected chi connectivity index (χ0v) is 14.6. The van der Waals surface area contributed by atoms with Crippen molar-refractivity contribution < 1.29 is 22.8 Å². The van der Waals surface area contributed by atoms with Crippen LogP contribution in [0.3, 0.4) is 0 Å². The van der Waals surface area contributed by atoms with Gasteiger partial charge in [-0.2, -0.15) is 5.10 Å². The number of carbonyl (C=O) groups excluding carboxylic acids is 2. The number of hydrogen-bond acceptors (Lipinski definition) is 3. The summed E-state index contributed by atoms with van der Waals surface area (Å²) in [7, 11) is 1.81. The van der Waals surface area contributed by atoms with E-state index in [1.54, 1.807) is 4.68 Å². The highest BCUT2D eigenvalue weighted by atomic mass is 19.2. The maximum absolute atomic E-state index is 13.5. The summed E-state index contributed by atoms with van der Waals surface area (Å²) in [5.41, 5.74) is 2.27. The van der Waals surface area contributed by atoms with Gasteiger partial charge in [-0.25, -0.2) is 13.2 Å². The van der Waals surface area contributed by atoms with E-state index < -0.39 is 35.6 Å². The second kappa shape index (κ2) is 8.03. The number of benzene rings is 1. The second-order valence-electron chi connectivity index (χ2n) is 5.82. The van der Waals surface area contributed by atoms with Gasteiger partial charge in [0, 0.05) is 19.2 Å². The standard InChI is InChI=1S/C17H19F3N4O2/c1-9-11(10(2)24(3)23-9)4-7-14(25)21-8-15(26)22-13-6-5-12(18)16(19)17(13)20/h5-6H,4,7-8H2,1-3H3,(H,21,25)(H,22,26). The van der Waals surface area contributed by atoms with E-state index in [4.69, 9.17) is 0 Å². The number of rotatable bonds is 6. The number of amides is 2. The van der Waals surface area contributed by atoms with Crippen LogP contribution < -0.4 is 10.6 Å². The van der Waals surface area contributed by atoms with E-state index in [-0.39, 0.29) is 12.3 Å². The summed E-state index contributed by atoms with van der Waals surface area (Å²) in [6, 6.07) is 1.60. The van der Waals surface area contributed by atoms with Gasteiger partial charge in [-0.3, -0.25) is 14.3 Å². The average molecular weight is 368 g/mol. The van der Waals surface area contributed by atoms with Crippen LogP contribution in [0.5, 0.6) is 0 Å². The Kier molecular flexibility index (Phi) is 6.01. The first-order valence-corrected chi connectivity index (χ1v) is 7.89. The van der Waals surface area contributed by atoms with Crippen LogP contribution >= 0.6 is 0 Å². The lowest BCUT2D eigenvalue weighted by atomic mass is 10.1. The molecule has 2 aromatic rings. The van der Waals surface area contributed by atoms with Crippen LogP contribution in [0.15, 0.2) is 12.1 Å². The second-order valence-corrected chi connectivity index (χ2v) is 5.82. The van der Waals surface area contributed by atoms with Gasteiger partial charge in [-0.05, 0) is 38.0 Å². The summed E-state index contributed by atoms with van der Waals surface area (Å²) in [5, 5.41) is 8.74. The topological polar surface area (TPSA) is 76.0 Å². The first-order valence-electron chi connectivity index (χ1n) is 7.89. The fraction of sp³-hybridized carbons (Fsp3) is 0.353. The van der Waals surface area contributed by atoms with Gasteiger partial charge in [0.15, 0.2) is 17.5 Å². The molecule has 0 aliphatic heterocycles. The Morgan fingerprint density at radius 3 is 2.42 bits per heavy atom. The number of aryl methyl sites for hydroxylation is 2. The highest BCUT2D eigenvalue weighted by molar-refractivity contribution is 5.94. The number of halogens is 3. The first kappa shape index (κ1) is 19.5. The minimum absolute atomic E-state index is 0.153. The predicted molar refractivity (Wildman–Crippen MR) is 89.0 cm³/mol. The molecule has 2 rings (SSSR count). The lowest BCUT2D eigenvalue weighted by molar-refractivity contribution is -0.124. The highest BCUT2D eigenvalue weighted by Crippen LogP contribution is 2.19. The van der Waals surface area contributed by atoms with Gasteiger partial charge in [0.05, 0.1) is 17.9 Å². The molecule has 0 atom stereocenters. The molecule has 0 spiro atoms. The van der Waals surface area contributed by atoms with Gasteiger partial charge in [0.2, 0.25) is 11.8 Å². The zero-order valence-electron chi connectivity index (χ0n) is 14.6. The normalized spacial score (nSPS) is 10.7. The Hall–Kier alpha value is -2.84. The van der Waals surface area contributed by atoms with E-state index >= 15 is 0 Å². The van der Waals surface area contributed by atoms with E-state index in [1.165, 1.54) is 0 Å². The van der Waals surface area contributed by atoms with Gasteiger partial charge in [0.25, 0.3) is 0 Å². The smallest absolute Gasteiger partial charge is 0.243 e. The molecular formula is C17H19F3N4O2. The van der Waals surface area contributed by atoms with Crippen molar-refractivity contribution >= 4 is 17.5 Å². The van der Waals surface area contributed by atoms with Crippen LogP contribution in [0.25, 0.3) is 0 Å². The van der Waals surface area contributed by atoms with E-state index in [2.05, 4.69) is 15.7 Å². The number of anilines is 1. The van der Waals surface area contributed by atoms with E-state index in [9.17, 15) is 22.8 Å². The maximum Gasteiger partial charge on any atom is 0.243 e. The van der Waals surface area contributed by atoms with Crippen molar-refractivity contribution in [2.24, 2.45) is 7.05 Å². The molecule has 0 aliphatic carbocycles. The van der Waals surface area contributed by atoms with Crippen LogP contribution in [0, 0.1) is 31.3 Å². The van der Waals surface area contributed by atoms with Crippen molar-refractivity contribution in [3.05, 3.63) is 46.5 Å². The van der Waals surface area contributed by atoms with Crippen LogP contribution in [0.2, 0.25) is 0 Å². The molecule has 0 aliphatic rings. The molecule has 1 heterocycles. The molecule has 26 heavy (non-hydrogen) atoms. The molecule has 0 radical (unpaired) electrons. The SMILES string of the molecule is Cc1nn(C)c(C)c1CCC(=O)NCC(=O)Nc1ccc(F)c(F)c1F. The molecule has 1 aromatic heterocycles. The van der Waals surface area contributed by atoms with Crippen LogP contribution in [-0.4, -0.2) is 28.1 Å². The molecule has 0 saturated heterocycles. The van der Waals surface area contributed by atoms with Crippen molar-refractivity contribution in [1.29, 1.82) is 0 Å². The minimum atomic E-state index is -1.67. The van der Waals surface area contributed by atoms with Crippen LogP contribution in [0.4, 0.5) is 18.9 Å². The van der Waals surface area contributed by atoms with Crippen LogP contribution in [0.1, 0.15) is 23.4 Å². The van der Waals surface area contributed by atoms with E-state index in [0.717, 1.165) is 23.0 Å². The summed E-state index contributed by atoms with van der Waals surface area (Å²) in [6.45, 7) is 3.34. The fourth-order valence-corrected chi connectivity index (χ4v) is 2.50. The molecule has 0 bridgehead atoms. The molecule has 9 heteroatoms. The number of nitrogens with one attached hydrogen (secondary N) is 2. The van der Waals surface area contributed by atoms with Crippen LogP contribution in [-0.2, 0) is 23.1 Å². The van der Waals surface area contributed by atoms with Crippen molar-refractivity contribution in [2.45, 2.75) is 26.7 Å². The molecule has 0 fully saturated rings. The molecule has 2 amide bonds. The molecule has 2 N–H and O–H groups in total. The first-order chi connectivity index (χ1) is 12.2. The summed E-state index contributed by atoms with van der Waals surface area (Å²) in [5.74, 6) is -5.64. The van der Waals surface area contributed by atoms with Gasteiger partial charge in [-0.15, -0.1) is 0 Å². The monoisotopic (exact) mass is 368 g/mol. The molecule has 140 valence electrons. The number of hydrogen-bond donors (Lipinski definition) is 2. The largest absolute Gasteiger partial charge is 0.347 e. The lowest BCUT2D eigenvalue weighted by Crippen LogP contribution is -2.33. The van der Waals surface area contributed by atoms with Crippen molar-refractivity contribution in [1.82, 2.24) is 15.1 Å². The molecule has 0 saturated carbocycles. The van der Waals surface area contributed by atoms with Crippen molar-refractivity contribution in [3.8, 4) is 0 Å². The molecule has 6 nitrogen and oxygen atoms in total. The summed E-state index contributed by atoms with van der Waals surface area (Å²) >= 11 is 0. The number of nitrogens with zero attached hydrogens (tertiary/aromatic N) is 2. The predicted octanol–water partition coefficient (Wildman–Crippen LogP) is 2.14. The van der Waals surface area contributed by atoms with E-state index in [0.29, 0.717) is 12.5 Å². The highest BCUT2D eigenvalue weighted by Gasteiger charge is 2.16. The zero-order chi connectivity index (χ0) is 19.4. The number of aromatic nitrogens is 2. The van der Waals surface area contributed by atoms with Gasteiger partial charge >= 0.3 is 0 Å². The summed E-state index contributed by atoms with van der Waals surface area (Å²) in [4.78, 5) is 23.6. The van der Waals surface area contributed by atoms with Gasteiger partial charge in [-0.1, -0.05) is 0 Å². The fourth-order valence-electron chi connectivity index (χ4n) is 2.50. The lowest BCUT2D eigenvalue weighted by Gasteiger charge is -2.08. The summed E-state index contributed by atoms with van der Waals surface area (Å²) < 4.78 is 41.2. The Labute approximate surface area is 148 Å².